The molecule has 0 aromatic carbocycles. The highest BCUT2D eigenvalue weighted by Gasteiger charge is 2.17. The molecule has 92 valence electrons. The Hall–Kier alpha value is -0.800. The van der Waals surface area contributed by atoms with Crippen LogP contribution in [0.5, 0.6) is 0 Å². The summed E-state index contributed by atoms with van der Waals surface area (Å²) in [6.45, 7) is 9.94. The van der Waals surface area contributed by atoms with Gasteiger partial charge < -0.3 is 14.5 Å². The van der Waals surface area contributed by atoms with Gasteiger partial charge in [-0.3, -0.25) is 0 Å². The van der Waals surface area contributed by atoms with Gasteiger partial charge in [-0.2, -0.15) is 0 Å². The molecule has 1 heterocycles. The number of hydrogen-bond donors (Lipinski definition) is 1. The van der Waals surface area contributed by atoms with Crippen LogP contribution in [0.25, 0.3) is 0 Å². The Morgan fingerprint density at radius 1 is 1.44 bits per heavy atom. The molecule has 16 heavy (non-hydrogen) atoms. The fourth-order valence-electron chi connectivity index (χ4n) is 1.48. The summed E-state index contributed by atoms with van der Waals surface area (Å²) in [5.41, 5.74) is 0.168. The minimum atomic E-state index is 0.168. The molecular weight excluding hydrogens is 202 g/mol. The van der Waals surface area contributed by atoms with E-state index in [0.29, 0.717) is 6.61 Å². The number of rotatable bonds is 8. The van der Waals surface area contributed by atoms with Gasteiger partial charge >= 0.3 is 0 Å². The van der Waals surface area contributed by atoms with Crippen molar-refractivity contribution in [3.63, 3.8) is 0 Å². The normalized spacial score (nSPS) is 11.9. The van der Waals surface area contributed by atoms with Gasteiger partial charge in [0.25, 0.3) is 0 Å². The number of nitrogens with one attached hydrogen (secondary N) is 1. The van der Waals surface area contributed by atoms with Crippen LogP contribution < -0.4 is 5.32 Å². The highest BCUT2D eigenvalue weighted by Crippen LogP contribution is 2.15. The standard InChI is InChI=1S/C13H23NO2/c1-4-7-14-10-13(2,3)11-15-9-12-6-5-8-16-12/h5-6,8,14H,4,7,9-11H2,1-3H3. The predicted molar refractivity (Wildman–Crippen MR) is 65.3 cm³/mol. The molecule has 0 atom stereocenters. The Balaban J connectivity index is 2.14. The first-order chi connectivity index (χ1) is 7.64. The second-order valence-corrected chi connectivity index (χ2v) is 4.91. The zero-order valence-electron chi connectivity index (χ0n) is 10.6. The maximum Gasteiger partial charge on any atom is 0.129 e. The van der Waals surface area contributed by atoms with Gasteiger partial charge in [-0.1, -0.05) is 20.8 Å². The van der Waals surface area contributed by atoms with Gasteiger partial charge in [0.05, 0.1) is 12.9 Å². The third kappa shape index (κ3) is 5.33. The van der Waals surface area contributed by atoms with E-state index < -0.39 is 0 Å². The molecule has 0 unspecified atom stereocenters. The van der Waals surface area contributed by atoms with E-state index in [-0.39, 0.29) is 5.41 Å². The molecule has 3 nitrogen and oxygen atoms in total. The fraction of sp³-hybridized carbons (Fsp3) is 0.692. The molecule has 0 spiro atoms. The second kappa shape index (κ2) is 6.71. The molecule has 1 N–H and O–H groups in total. The lowest BCUT2D eigenvalue weighted by atomic mass is 9.95. The topological polar surface area (TPSA) is 34.4 Å². The SMILES string of the molecule is CCCNCC(C)(C)COCc1ccco1. The van der Waals surface area contributed by atoms with E-state index in [1.54, 1.807) is 6.26 Å². The molecule has 0 radical (unpaired) electrons. The van der Waals surface area contributed by atoms with E-state index in [1.165, 1.54) is 6.42 Å². The summed E-state index contributed by atoms with van der Waals surface area (Å²) in [6.07, 6.45) is 2.84. The third-order valence-electron chi connectivity index (χ3n) is 2.35. The summed E-state index contributed by atoms with van der Waals surface area (Å²) in [4.78, 5) is 0. The van der Waals surface area contributed by atoms with E-state index in [2.05, 4.69) is 26.1 Å². The smallest absolute Gasteiger partial charge is 0.129 e. The molecule has 0 fully saturated rings. The molecule has 3 heteroatoms. The lowest BCUT2D eigenvalue weighted by Gasteiger charge is -2.24. The molecule has 1 rings (SSSR count). The van der Waals surface area contributed by atoms with E-state index >= 15 is 0 Å². The quantitative estimate of drug-likeness (QED) is 0.691. The first-order valence-electron chi connectivity index (χ1n) is 5.95. The lowest BCUT2D eigenvalue weighted by Crippen LogP contribution is -2.33. The molecule has 1 aromatic rings. The van der Waals surface area contributed by atoms with Gasteiger partial charge in [-0.25, -0.2) is 0 Å². The van der Waals surface area contributed by atoms with Crippen molar-refractivity contribution < 1.29 is 9.15 Å². The fourth-order valence-corrected chi connectivity index (χ4v) is 1.48. The van der Waals surface area contributed by atoms with Gasteiger partial charge in [-0.05, 0) is 25.1 Å². The predicted octanol–water partition coefficient (Wildman–Crippen LogP) is 2.82. The Kier molecular flexibility index (Phi) is 5.56. The van der Waals surface area contributed by atoms with Gasteiger partial charge in [0, 0.05) is 12.0 Å². The van der Waals surface area contributed by atoms with Gasteiger partial charge in [0.15, 0.2) is 0 Å². The van der Waals surface area contributed by atoms with Crippen molar-refractivity contribution in [2.24, 2.45) is 5.41 Å². The summed E-state index contributed by atoms with van der Waals surface area (Å²) in [5, 5.41) is 3.42. The van der Waals surface area contributed by atoms with Crippen LogP contribution in [0, 0.1) is 5.41 Å². The molecule has 0 amide bonds. The lowest BCUT2D eigenvalue weighted by molar-refractivity contribution is 0.0426. The van der Waals surface area contributed by atoms with Crippen LogP contribution in [0.1, 0.15) is 33.0 Å². The zero-order chi connectivity index (χ0) is 11.9. The summed E-state index contributed by atoms with van der Waals surface area (Å²) in [6, 6.07) is 3.81. The van der Waals surface area contributed by atoms with Crippen molar-refractivity contribution in [2.45, 2.75) is 33.8 Å². The van der Waals surface area contributed by atoms with Gasteiger partial charge in [-0.15, -0.1) is 0 Å². The second-order valence-electron chi connectivity index (χ2n) is 4.91. The number of hydrogen-bond acceptors (Lipinski definition) is 3. The summed E-state index contributed by atoms with van der Waals surface area (Å²) < 4.78 is 10.8. The van der Waals surface area contributed by atoms with Crippen LogP contribution >= 0.6 is 0 Å². The van der Waals surface area contributed by atoms with Gasteiger partial charge in [0.1, 0.15) is 12.4 Å². The first-order valence-corrected chi connectivity index (χ1v) is 5.95. The molecular formula is C13H23NO2. The van der Waals surface area contributed by atoms with Crippen molar-refractivity contribution in [3.8, 4) is 0 Å². The Morgan fingerprint density at radius 3 is 2.88 bits per heavy atom. The largest absolute Gasteiger partial charge is 0.467 e. The van der Waals surface area contributed by atoms with Gasteiger partial charge in [0.2, 0.25) is 0 Å². The van der Waals surface area contributed by atoms with E-state index in [1.807, 2.05) is 12.1 Å². The molecule has 1 aromatic heterocycles. The van der Waals surface area contributed by atoms with Crippen molar-refractivity contribution in [2.75, 3.05) is 19.7 Å². The summed E-state index contributed by atoms with van der Waals surface area (Å²) >= 11 is 0. The highest BCUT2D eigenvalue weighted by molar-refractivity contribution is 4.96. The van der Waals surface area contributed by atoms with Crippen molar-refractivity contribution >= 4 is 0 Å². The third-order valence-corrected chi connectivity index (χ3v) is 2.35. The van der Waals surface area contributed by atoms with E-state index in [0.717, 1.165) is 25.5 Å². The first kappa shape index (κ1) is 13.3. The Bertz CT molecular complexity index is 267. The van der Waals surface area contributed by atoms with Crippen LogP contribution in [0.4, 0.5) is 0 Å². The molecule has 0 bridgehead atoms. The maximum atomic E-state index is 5.64. The molecule has 0 saturated heterocycles. The van der Waals surface area contributed by atoms with Crippen LogP contribution in [0.2, 0.25) is 0 Å². The Labute approximate surface area is 98.2 Å². The van der Waals surface area contributed by atoms with Crippen molar-refractivity contribution in [1.82, 2.24) is 5.32 Å². The highest BCUT2D eigenvalue weighted by atomic mass is 16.5. The minimum Gasteiger partial charge on any atom is -0.467 e. The number of ether oxygens (including phenoxy) is 1. The summed E-state index contributed by atoms with van der Waals surface area (Å²) in [7, 11) is 0. The van der Waals surface area contributed by atoms with Crippen LogP contribution in [0.15, 0.2) is 22.8 Å². The van der Waals surface area contributed by atoms with Crippen LogP contribution in [0.3, 0.4) is 0 Å². The van der Waals surface area contributed by atoms with E-state index in [4.69, 9.17) is 9.15 Å². The molecule has 0 saturated carbocycles. The molecule has 0 aliphatic rings. The minimum absolute atomic E-state index is 0.168. The Morgan fingerprint density at radius 2 is 2.25 bits per heavy atom. The average molecular weight is 225 g/mol. The van der Waals surface area contributed by atoms with Crippen LogP contribution in [-0.2, 0) is 11.3 Å². The average Bonchev–Trinajstić information content (AvgIpc) is 2.70. The molecule has 0 aliphatic heterocycles. The van der Waals surface area contributed by atoms with Crippen LogP contribution in [-0.4, -0.2) is 19.7 Å². The monoisotopic (exact) mass is 225 g/mol. The van der Waals surface area contributed by atoms with E-state index in [9.17, 15) is 0 Å². The van der Waals surface area contributed by atoms with Crippen molar-refractivity contribution in [3.05, 3.63) is 24.2 Å². The maximum absolute atomic E-state index is 5.64. The number of furan rings is 1. The summed E-state index contributed by atoms with van der Waals surface area (Å²) in [5.74, 6) is 0.886. The van der Waals surface area contributed by atoms with Crippen molar-refractivity contribution in [1.29, 1.82) is 0 Å². The molecule has 0 aliphatic carbocycles. The zero-order valence-corrected chi connectivity index (χ0v) is 10.6.